The summed E-state index contributed by atoms with van der Waals surface area (Å²) in [5, 5.41) is 5.46. The van der Waals surface area contributed by atoms with Gasteiger partial charge in [0.25, 0.3) is 0 Å². The topological polar surface area (TPSA) is 75.9 Å². The molecular formula is C21H27FN8. The summed E-state index contributed by atoms with van der Waals surface area (Å²) in [6.07, 6.45) is 4.78. The second-order valence-electron chi connectivity index (χ2n) is 9.60. The maximum absolute atomic E-state index is 13.1. The molecule has 0 radical (unpaired) electrons. The predicted molar refractivity (Wildman–Crippen MR) is 113 cm³/mol. The molecule has 5 rings (SSSR count). The van der Waals surface area contributed by atoms with Gasteiger partial charge in [0.15, 0.2) is 5.65 Å². The largest absolute Gasteiger partial charge is 0.355 e. The van der Waals surface area contributed by atoms with Crippen molar-refractivity contribution in [1.29, 1.82) is 0 Å². The van der Waals surface area contributed by atoms with Crippen LogP contribution in [0.2, 0.25) is 0 Å². The van der Waals surface area contributed by atoms with Crippen LogP contribution in [0.3, 0.4) is 0 Å². The molecule has 0 atom stereocenters. The van der Waals surface area contributed by atoms with E-state index in [9.17, 15) is 4.39 Å². The highest BCUT2D eigenvalue weighted by molar-refractivity contribution is 5.75. The fourth-order valence-electron chi connectivity index (χ4n) is 4.58. The lowest BCUT2D eigenvalue weighted by molar-refractivity contribution is 0.244. The second-order valence-corrected chi connectivity index (χ2v) is 9.60. The van der Waals surface area contributed by atoms with Crippen LogP contribution < -0.4 is 9.80 Å². The van der Waals surface area contributed by atoms with Crippen LogP contribution >= 0.6 is 0 Å². The van der Waals surface area contributed by atoms with Gasteiger partial charge in [0.05, 0.1) is 22.8 Å². The van der Waals surface area contributed by atoms with E-state index in [-0.39, 0.29) is 11.0 Å². The highest BCUT2D eigenvalue weighted by atomic mass is 19.1. The zero-order valence-electron chi connectivity index (χ0n) is 17.9. The number of anilines is 2. The number of nitrogens with zero attached hydrogens (tertiary/aromatic N) is 8. The van der Waals surface area contributed by atoms with Crippen molar-refractivity contribution < 1.29 is 4.39 Å². The number of aromatic nitrogens is 6. The van der Waals surface area contributed by atoms with E-state index >= 15 is 0 Å². The molecule has 3 aromatic rings. The van der Waals surface area contributed by atoms with Crippen LogP contribution in [-0.4, -0.2) is 55.9 Å². The van der Waals surface area contributed by atoms with Crippen molar-refractivity contribution >= 4 is 22.8 Å². The Morgan fingerprint density at radius 2 is 1.83 bits per heavy atom. The molecule has 1 spiro atoms. The summed E-state index contributed by atoms with van der Waals surface area (Å²) >= 11 is 0. The van der Waals surface area contributed by atoms with E-state index in [1.807, 2.05) is 24.0 Å². The third-order valence-corrected chi connectivity index (χ3v) is 6.04. The Balaban J connectivity index is 1.33. The molecule has 0 aromatic carbocycles. The van der Waals surface area contributed by atoms with Crippen molar-refractivity contribution in [3.05, 3.63) is 30.0 Å². The van der Waals surface area contributed by atoms with E-state index in [4.69, 9.17) is 4.98 Å². The lowest BCUT2D eigenvalue weighted by atomic mass is 9.79. The molecule has 2 saturated heterocycles. The summed E-state index contributed by atoms with van der Waals surface area (Å²) in [4.78, 5) is 22.6. The van der Waals surface area contributed by atoms with Gasteiger partial charge >= 0.3 is 0 Å². The first-order chi connectivity index (χ1) is 14.3. The Morgan fingerprint density at radius 3 is 2.57 bits per heavy atom. The van der Waals surface area contributed by atoms with Gasteiger partial charge in [-0.3, -0.25) is 0 Å². The van der Waals surface area contributed by atoms with Gasteiger partial charge in [-0.05, 0) is 34.1 Å². The van der Waals surface area contributed by atoms with Crippen molar-refractivity contribution in [3.63, 3.8) is 0 Å². The average molecular weight is 411 g/mol. The molecule has 2 aliphatic heterocycles. The fraction of sp³-hybridized carbons (Fsp3) is 0.571. The normalized spacial score (nSPS) is 18.4. The summed E-state index contributed by atoms with van der Waals surface area (Å²) in [7, 11) is 0. The summed E-state index contributed by atoms with van der Waals surface area (Å²) in [5.74, 6) is 2.21. The van der Waals surface area contributed by atoms with E-state index in [1.54, 1.807) is 6.07 Å². The van der Waals surface area contributed by atoms with Gasteiger partial charge in [0.1, 0.15) is 18.3 Å². The Bertz CT molecular complexity index is 1100. The first-order valence-electron chi connectivity index (χ1n) is 10.4. The third kappa shape index (κ3) is 3.16. The lowest BCUT2D eigenvalue weighted by Crippen LogP contribution is -2.58. The number of fused-ring (bicyclic) bond motifs is 1. The molecule has 0 amide bonds. The maximum Gasteiger partial charge on any atom is 0.227 e. The third-order valence-electron chi connectivity index (χ3n) is 6.04. The van der Waals surface area contributed by atoms with Crippen LogP contribution in [0.5, 0.6) is 0 Å². The molecule has 0 bridgehead atoms. The van der Waals surface area contributed by atoms with Gasteiger partial charge in [-0.1, -0.05) is 0 Å². The standard InChI is InChI=1S/C21H27FN8/c1-14-25-16(8-22)7-17(26-14)29-12-21(13-29)5-6-28(11-21)19-23-9-15-10-24-30(18(15)27-19)20(2,3)4/h7,9-10H,5-6,8,11-13H2,1-4H3. The number of alkyl halides is 1. The van der Waals surface area contributed by atoms with Crippen molar-refractivity contribution in [3.8, 4) is 0 Å². The Labute approximate surface area is 175 Å². The Morgan fingerprint density at radius 1 is 1.07 bits per heavy atom. The number of rotatable bonds is 3. The van der Waals surface area contributed by atoms with Gasteiger partial charge in [0.2, 0.25) is 5.95 Å². The minimum atomic E-state index is -0.561. The highest BCUT2D eigenvalue weighted by Gasteiger charge is 2.48. The first kappa shape index (κ1) is 19.1. The molecule has 30 heavy (non-hydrogen) atoms. The first-order valence-corrected chi connectivity index (χ1v) is 10.4. The summed E-state index contributed by atoms with van der Waals surface area (Å²) < 4.78 is 15.0. The fourth-order valence-corrected chi connectivity index (χ4v) is 4.58. The molecule has 8 nitrogen and oxygen atoms in total. The number of aryl methyl sites for hydroxylation is 1. The molecule has 0 N–H and O–H groups in total. The van der Waals surface area contributed by atoms with Crippen molar-refractivity contribution in [1.82, 2.24) is 29.7 Å². The van der Waals surface area contributed by atoms with Gasteiger partial charge in [0, 0.05) is 43.9 Å². The maximum atomic E-state index is 13.1. The molecule has 158 valence electrons. The quantitative estimate of drug-likeness (QED) is 0.657. The van der Waals surface area contributed by atoms with E-state index in [1.165, 1.54) is 0 Å². The second kappa shape index (κ2) is 6.58. The van der Waals surface area contributed by atoms with Crippen LogP contribution in [0.15, 0.2) is 18.5 Å². The Hall–Kier alpha value is -2.84. The van der Waals surface area contributed by atoms with Crippen molar-refractivity contribution in [2.75, 3.05) is 36.0 Å². The minimum Gasteiger partial charge on any atom is -0.355 e. The van der Waals surface area contributed by atoms with Gasteiger partial charge in [-0.2, -0.15) is 10.1 Å². The SMILES string of the molecule is Cc1nc(CF)cc(N2CC3(CCN(c4ncc5cnn(C(C)(C)C)c5n4)C3)C2)n1. The molecular weight excluding hydrogens is 383 g/mol. The summed E-state index contributed by atoms with van der Waals surface area (Å²) in [6.45, 7) is 11.3. The van der Waals surface area contributed by atoms with Gasteiger partial charge in [-0.15, -0.1) is 0 Å². The van der Waals surface area contributed by atoms with Crippen LogP contribution in [0.1, 0.15) is 38.7 Å². The molecule has 0 aliphatic carbocycles. The number of halogens is 1. The van der Waals surface area contributed by atoms with Crippen LogP contribution in [0.4, 0.5) is 16.2 Å². The van der Waals surface area contributed by atoms with Gasteiger partial charge < -0.3 is 9.80 Å². The molecule has 2 aliphatic rings. The molecule has 9 heteroatoms. The summed E-state index contributed by atoms with van der Waals surface area (Å²) in [5.41, 5.74) is 1.39. The summed E-state index contributed by atoms with van der Waals surface area (Å²) in [6, 6.07) is 1.76. The molecule has 0 unspecified atom stereocenters. The average Bonchev–Trinajstić information content (AvgIpc) is 3.30. The van der Waals surface area contributed by atoms with E-state index in [2.05, 4.69) is 50.6 Å². The van der Waals surface area contributed by atoms with E-state index in [0.717, 1.165) is 55.4 Å². The number of hydrogen-bond acceptors (Lipinski definition) is 7. The molecule has 2 fully saturated rings. The van der Waals surface area contributed by atoms with Crippen molar-refractivity contribution in [2.45, 2.75) is 46.3 Å². The number of hydrogen-bond donors (Lipinski definition) is 0. The van der Waals surface area contributed by atoms with Gasteiger partial charge in [-0.25, -0.2) is 24.0 Å². The van der Waals surface area contributed by atoms with E-state index < -0.39 is 6.67 Å². The smallest absolute Gasteiger partial charge is 0.227 e. The highest BCUT2D eigenvalue weighted by Crippen LogP contribution is 2.42. The van der Waals surface area contributed by atoms with E-state index in [0.29, 0.717) is 11.5 Å². The predicted octanol–water partition coefficient (Wildman–Crippen LogP) is 2.87. The van der Waals surface area contributed by atoms with Crippen LogP contribution in [-0.2, 0) is 12.2 Å². The minimum absolute atomic E-state index is 0.137. The Kier molecular flexibility index (Phi) is 4.20. The van der Waals surface area contributed by atoms with Crippen molar-refractivity contribution in [2.24, 2.45) is 5.41 Å². The van der Waals surface area contributed by atoms with Crippen LogP contribution in [0.25, 0.3) is 11.0 Å². The lowest BCUT2D eigenvalue weighted by Gasteiger charge is -2.48. The molecule has 0 saturated carbocycles. The zero-order valence-corrected chi connectivity index (χ0v) is 17.9. The van der Waals surface area contributed by atoms with Crippen LogP contribution in [0, 0.1) is 12.3 Å². The zero-order chi connectivity index (χ0) is 21.1. The monoisotopic (exact) mass is 410 g/mol. The molecule has 3 aromatic heterocycles. The molecule has 5 heterocycles.